The van der Waals surface area contributed by atoms with Crippen LogP contribution in [-0.2, 0) is 0 Å². The summed E-state index contributed by atoms with van der Waals surface area (Å²) in [6.45, 7) is 0. The highest BCUT2D eigenvalue weighted by molar-refractivity contribution is 7.98. The fourth-order valence-electron chi connectivity index (χ4n) is 1.47. The molecule has 2 aromatic rings. The van der Waals surface area contributed by atoms with Crippen LogP contribution in [0.2, 0.25) is 0 Å². The Hall–Kier alpha value is -1.74. The van der Waals surface area contributed by atoms with Crippen LogP contribution in [0.1, 0.15) is 5.56 Å². The van der Waals surface area contributed by atoms with Crippen molar-refractivity contribution in [3.05, 3.63) is 54.1 Å². The van der Waals surface area contributed by atoms with E-state index in [1.54, 1.807) is 6.21 Å². The van der Waals surface area contributed by atoms with Crippen LogP contribution in [0.25, 0.3) is 0 Å². The van der Waals surface area contributed by atoms with Crippen molar-refractivity contribution in [2.75, 3.05) is 6.26 Å². The molecule has 2 aromatic carbocycles. The number of aliphatic imine (C=N–C) groups is 1. The molecule has 2 rings (SSSR count). The number of rotatable bonds is 3. The third kappa shape index (κ3) is 2.88. The number of hydrogen-bond donors (Lipinski definition) is 1. The molecule has 0 amide bonds. The molecular weight excluding hydrogens is 230 g/mol. The Balaban J connectivity index is 2.28. The van der Waals surface area contributed by atoms with Gasteiger partial charge in [-0.1, -0.05) is 24.3 Å². The van der Waals surface area contributed by atoms with Crippen molar-refractivity contribution in [2.45, 2.75) is 4.90 Å². The summed E-state index contributed by atoms with van der Waals surface area (Å²) in [4.78, 5) is 5.18. The van der Waals surface area contributed by atoms with Gasteiger partial charge in [0, 0.05) is 16.7 Å². The second kappa shape index (κ2) is 5.55. The van der Waals surface area contributed by atoms with E-state index in [2.05, 4.69) is 4.99 Å². The molecule has 0 saturated carbocycles. The first-order chi connectivity index (χ1) is 8.31. The predicted molar refractivity (Wildman–Crippen MR) is 73.6 cm³/mol. The van der Waals surface area contributed by atoms with Crippen molar-refractivity contribution < 1.29 is 5.11 Å². The normalized spacial score (nSPS) is 10.9. The summed E-state index contributed by atoms with van der Waals surface area (Å²) in [6, 6.07) is 15.3. The maximum Gasteiger partial charge on any atom is 0.137 e. The zero-order chi connectivity index (χ0) is 12.1. The minimum Gasteiger partial charge on any atom is -0.506 e. The smallest absolute Gasteiger partial charge is 0.137 e. The van der Waals surface area contributed by atoms with E-state index >= 15 is 0 Å². The highest BCUT2D eigenvalue weighted by Gasteiger charge is 2.03. The number of phenolic OH excluding ortho intramolecular Hbond substituents is 1. The van der Waals surface area contributed by atoms with Crippen LogP contribution in [0.4, 0.5) is 5.69 Å². The van der Waals surface area contributed by atoms with E-state index < -0.39 is 0 Å². The van der Waals surface area contributed by atoms with Crippen molar-refractivity contribution in [2.24, 2.45) is 4.99 Å². The molecule has 1 N–H and O–H groups in total. The Bertz CT molecular complexity index is 523. The fraction of sp³-hybridized carbons (Fsp3) is 0.0714. The van der Waals surface area contributed by atoms with Crippen molar-refractivity contribution in [1.29, 1.82) is 0 Å². The molecule has 0 bridgehead atoms. The maximum absolute atomic E-state index is 9.95. The third-order valence-electron chi connectivity index (χ3n) is 2.36. The number of thioether (sulfide) groups is 1. The molecule has 0 unspecified atom stereocenters. The largest absolute Gasteiger partial charge is 0.506 e. The number of benzene rings is 2. The van der Waals surface area contributed by atoms with Crippen LogP contribution in [-0.4, -0.2) is 17.6 Å². The molecule has 0 aliphatic heterocycles. The Morgan fingerprint density at radius 3 is 2.53 bits per heavy atom. The zero-order valence-corrected chi connectivity index (χ0v) is 10.3. The molecular formula is C14H13NOS. The molecule has 2 nitrogen and oxygen atoms in total. The molecule has 0 radical (unpaired) electrons. The molecule has 0 saturated heterocycles. The van der Waals surface area contributed by atoms with Crippen molar-refractivity contribution in [1.82, 2.24) is 0 Å². The fourth-order valence-corrected chi connectivity index (χ4v) is 1.99. The number of hydrogen-bond acceptors (Lipinski definition) is 3. The zero-order valence-electron chi connectivity index (χ0n) is 9.50. The van der Waals surface area contributed by atoms with Crippen LogP contribution < -0.4 is 0 Å². The lowest BCUT2D eigenvalue weighted by Crippen LogP contribution is -1.84. The van der Waals surface area contributed by atoms with Gasteiger partial charge in [0.05, 0.1) is 5.69 Å². The van der Waals surface area contributed by atoms with E-state index in [1.165, 1.54) is 11.8 Å². The third-order valence-corrected chi connectivity index (χ3v) is 3.13. The van der Waals surface area contributed by atoms with Gasteiger partial charge in [-0.3, -0.25) is 4.99 Å². The van der Waals surface area contributed by atoms with E-state index in [0.717, 1.165) is 16.1 Å². The van der Waals surface area contributed by atoms with Gasteiger partial charge in [-0.05, 0) is 30.5 Å². The van der Waals surface area contributed by atoms with Crippen LogP contribution >= 0.6 is 11.8 Å². The average Bonchev–Trinajstić information content (AvgIpc) is 2.39. The minimum absolute atomic E-state index is 0.291. The van der Waals surface area contributed by atoms with Crippen LogP contribution in [0.15, 0.2) is 58.4 Å². The SMILES string of the molecule is CSc1cccc(/C=N/c2ccccc2)c1O. The van der Waals surface area contributed by atoms with Gasteiger partial charge in [-0.25, -0.2) is 0 Å². The van der Waals surface area contributed by atoms with E-state index in [-0.39, 0.29) is 0 Å². The first-order valence-electron chi connectivity index (χ1n) is 5.26. The number of phenols is 1. The summed E-state index contributed by atoms with van der Waals surface area (Å²) in [7, 11) is 0. The Kier molecular flexibility index (Phi) is 3.83. The van der Waals surface area contributed by atoms with Crippen molar-refractivity contribution in [3.63, 3.8) is 0 Å². The van der Waals surface area contributed by atoms with Gasteiger partial charge in [0.15, 0.2) is 0 Å². The van der Waals surface area contributed by atoms with E-state index in [0.29, 0.717) is 5.75 Å². The standard InChI is InChI=1S/C14H13NOS/c1-17-13-9-5-6-11(14(13)16)10-15-12-7-3-2-4-8-12/h2-10,16H,1H3/b15-10+. The van der Waals surface area contributed by atoms with E-state index in [1.807, 2.05) is 54.8 Å². The maximum atomic E-state index is 9.95. The first-order valence-corrected chi connectivity index (χ1v) is 6.49. The average molecular weight is 243 g/mol. The molecule has 0 fully saturated rings. The second-order valence-corrected chi connectivity index (χ2v) is 4.34. The van der Waals surface area contributed by atoms with Crippen LogP contribution in [0.3, 0.4) is 0 Å². The monoisotopic (exact) mass is 243 g/mol. The molecule has 0 aliphatic carbocycles. The summed E-state index contributed by atoms with van der Waals surface area (Å²) in [5.41, 5.74) is 1.61. The van der Waals surface area contributed by atoms with Crippen LogP contribution in [0.5, 0.6) is 5.75 Å². The quantitative estimate of drug-likeness (QED) is 0.655. The molecule has 0 aliphatic rings. The number of aromatic hydroxyl groups is 1. The summed E-state index contributed by atoms with van der Waals surface area (Å²) < 4.78 is 0. The summed E-state index contributed by atoms with van der Waals surface area (Å²) >= 11 is 1.52. The lowest BCUT2D eigenvalue weighted by molar-refractivity contribution is 0.461. The molecule has 86 valence electrons. The van der Waals surface area contributed by atoms with Gasteiger partial charge in [0.1, 0.15) is 5.75 Å². The van der Waals surface area contributed by atoms with E-state index in [9.17, 15) is 5.11 Å². The molecule has 17 heavy (non-hydrogen) atoms. The Labute approximate surface area is 105 Å². The number of nitrogens with zero attached hydrogens (tertiary/aromatic N) is 1. The lowest BCUT2D eigenvalue weighted by Gasteiger charge is -2.03. The first kappa shape index (κ1) is 11.7. The number of para-hydroxylation sites is 2. The summed E-state index contributed by atoms with van der Waals surface area (Å²) in [5.74, 6) is 0.291. The highest BCUT2D eigenvalue weighted by Crippen LogP contribution is 2.29. The summed E-state index contributed by atoms with van der Waals surface area (Å²) in [5, 5.41) is 9.95. The van der Waals surface area contributed by atoms with Gasteiger partial charge in [0.25, 0.3) is 0 Å². The molecule has 0 spiro atoms. The van der Waals surface area contributed by atoms with Crippen molar-refractivity contribution in [3.8, 4) is 5.75 Å². The van der Waals surface area contributed by atoms with E-state index in [4.69, 9.17) is 0 Å². The molecule has 0 atom stereocenters. The molecule has 3 heteroatoms. The topological polar surface area (TPSA) is 32.6 Å². The minimum atomic E-state index is 0.291. The van der Waals surface area contributed by atoms with Gasteiger partial charge >= 0.3 is 0 Å². The Morgan fingerprint density at radius 1 is 1.06 bits per heavy atom. The molecule has 0 aromatic heterocycles. The van der Waals surface area contributed by atoms with Gasteiger partial charge in [-0.2, -0.15) is 0 Å². The Morgan fingerprint density at radius 2 is 1.82 bits per heavy atom. The van der Waals surface area contributed by atoms with Gasteiger partial charge in [0.2, 0.25) is 0 Å². The van der Waals surface area contributed by atoms with Gasteiger partial charge < -0.3 is 5.11 Å². The van der Waals surface area contributed by atoms with Crippen molar-refractivity contribution >= 4 is 23.7 Å². The predicted octanol–water partition coefficient (Wildman–Crippen LogP) is 3.86. The summed E-state index contributed by atoms with van der Waals surface area (Å²) in [6.07, 6.45) is 3.62. The van der Waals surface area contributed by atoms with Crippen LogP contribution in [0, 0.1) is 0 Å². The second-order valence-electron chi connectivity index (χ2n) is 3.49. The molecule has 0 heterocycles. The highest BCUT2D eigenvalue weighted by atomic mass is 32.2. The lowest BCUT2D eigenvalue weighted by atomic mass is 10.2. The van der Waals surface area contributed by atoms with Gasteiger partial charge in [-0.15, -0.1) is 11.8 Å².